The molecule has 0 aliphatic carbocycles. The van der Waals surface area contributed by atoms with Crippen molar-refractivity contribution in [2.45, 2.75) is 38.3 Å². The number of nitrogens with one attached hydrogen (secondary N) is 1. The largest absolute Gasteiger partial charge is 0.377 e. The van der Waals surface area contributed by atoms with Crippen LogP contribution < -0.4 is 5.32 Å². The maximum absolute atomic E-state index is 5.57. The van der Waals surface area contributed by atoms with Gasteiger partial charge in [0.1, 0.15) is 0 Å². The van der Waals surface area contributed by atoms with Crippen LogP contribution in [0.15, 0.2) is 0 Å². The molecule has 1 rings (SSSR count). The van der Waals surface area contributed by atoms with Crippen molar-refractivity contribution in [2.24, 2.45) is 0 Å². The molecule has 1 N–H and O–H groups in total. The first kappa shape index (κ1) is 8.02. The molecule has 0 saturated carbocycles. The van der Waals surface area contributed by atoms with Crippen LogP contribution in [0.3, 0.4) is 0 Å². The predicted octanol–water partition coefficient (Wildman–Crippen LogP) is 1.16. The molecule has 1 saturated heterocycles. The second-order valence-corrected chi connectivity index (χ2v) is 2.98. The van der Waals surface area contributed by atoms with E-state index in [1.54, 1.807) is 0 Å². The highest BCUT2D eigenvalue weighted by Crippen LogP contribution is 2.14. The Morgan fingerprint density at radius 1 is 1.50 bits per heavy atom. The molecule has 10 heavy (non-hydrogen) atoms. The Balaban J connectivity index is 2.24. The van der Waals surface area contributed by atoms with Gasteiger partial charge in [-0.2, -0.15) is 0 Å². The fourth-order valence-electron chi connectivity index (χ4n) is 1.35. The van der Waals surface area contributed by atoms with Gasteiger partial charge >= 0.3 is 0 Å². The zero-order chi connectivity index (χ0) is 7.40. The average Bonchev–Trinajstić information content (AvgIpc) is 2.05. The predicted molar refractivity (Wildman–Crippen MR) is 42.1 cm³/mol. The molecule has 60 valence electrons. The SMILES string of the molecule is CNC(C)C1CCCCO1. The van der Waals surface area contributed by atoms with E-state index < -0.39 is 0 Å². The van der Waals surface area contributed by atoms with Crippen LogP contribution in [-0.4, -0.2) is 25.8 Å². The van der Waals surface area contributed by atoms with Crippen LogP contribution in [0.25, 0.3) is 0 Å². The van der Waals surface area contributed by atoms with Crippen molar-refractivity contribution in [3.63, 3.8) is 0 Å². The van der Waals surface area contributed by atoms with Gasteiger partial charge in [-0.25, -0.2) is 0 Å². The van der Waals surface area contributed by atoms with Crippen molar-refractivity contribution in [3.05, 3.63) is 0 Å². The summed E-state index contributed by atoms with van der Waals surface area (Å²) in [5.74, 6) is 0. The quantitative estimate of drug-likeness (QED) is 0.626. The van der Waals surface area contributed by atoms with Crippen LogP contribution >= 0.6 is 0 Å². The van der Waals surface area contributed by atoms with Gasteiger partial charge in [-0.1, -0.05) is 0 Å². The van der Waals surface area contributed by atoms with Gasteiger partial charge in [0, 0.05) is 12.6 Å². The monoisotopic (exact) mass is 143 g/mol. The minimum absolute atomic E-state index is 0.457. The Labute approximate surface area is 63.0 Å². The van der Waals surface area contributed by atoms with Gasteiger partial charge in [0.2, 0.25) is 0 Å². The van der Waals surface area contributed by atoms with Crippen molar-refractivity contribution < 1.29 is 4.74 Å². The highest BCUT2D eigenvalue weighted by atomic mass is 16.5. The number of hydrogen-bond donors (Lipinski definition) is 1. The summed E-state index contributed by atoms with van der Waals surface area (Å²) in [5.41, 5.74) is 0. The molecule has 2 heteroatoms. The number of hydrogen-bond acceptors (Lipinski definition) is 2. The molecular formula is C8H17NO. The van der Waals surface area contributed by atoms with E-state index in [-0.39, 0.29) is 0 Å². The van der Waals surface area contributed by atoms with E-state index in [0.29, 0.717) is 12.1 Å². The van der Waals surface area contributed by atoms with Crippen molar-refractivity contribution in [2.75, 3.05) is 13.7 Å². The molecule has 1 aliphatic rings. The zero-order valence-electron chi connectivity index (χ0n) is 6.89. The minimum Gasteiger partial charge on any atom is -0.377 e. The number of rotatable bonds is 2. The lowest BCUT2D eigenvalue weighted by molar-refractivity contribution is -0.00209. The van der Waals surface area contributed by atoms with E-state index in [4.69, 9.17) is 4.74 Å². The lowest BCUT2D eigenvalue weighted by atomic mass is 10.0. The molecule has 2 unspecified atom stereocenters. The van der Waals surface area contributed by atoms with E-state index in [1.807, 2.05) is 7.05 Å². The summed E-state index contributed by atoms with van der Waals surface area (Å²) in [6.45, 7) is 3.13. The fourth-order valence-corrected chi connectivity index (χ4v) is 1.35. The van der Waals surface area contributed by atoms with Crippen molar-refractivity contribution in [1.82, 2.24) is 5.32 Å². The van der Waals surface area contributed by atoms with Crippen LogP contribution in [0.4, 0.5) is 0 Å². The minimum atomic E-state index is 0.457. The molecule has 1 heterocycles. The maximum Gasteiger partial charge on any atom is 0.0725 e. The third kappa shape index (κ3) is 1.96. The summed E-state index contributed by atoms with van der Waals surface area (Å²) in [6, 6.07) is 0.514. The topological polar surface area (TPSA) is 21.3 Å². The second-order valence-electron chi connectivity index (χ2n) is 2.98. The maximum atomic E-state index is 5.57. The van der Waals surface area contributed by atoms with Crippen LogP contribution in [0.2, 0.25) is 0 Å². The van der Waals surface area contributed by atoms with E-state index in [9.17, 15) is 0 Å². The van der Waals surface area contributed by atoms with Gasteiger partial charge in [0.15, 0.2) is 0 Å². The van der Waals surface area contributed by atoms with E-state index in [0.717, 1.165) is 6.61 Å². The molecule has 0 amide bonds. The Hall–Kier alpha value is -0.0800. The lowest BCUT2D eigenvalue weighted by Gasteiger charge is -2.27. The Kier molecular flexibility index (Phi) is 3.16. The summed E-state index contributed by atoms with van der Waals surface area (Å²) in [5, 5.41) is 3.21. The molecule has 2 atom stereocenters. The highest BCUT2D eigenvalue weighted by molar-refractivity contribution is 4.73. The molecule has 1 aliphatic heterocycles. The smallest absolute Gasteiger partial charge is 0.0725 e. The first-order valence-corrected chi connectivity index (χ1v) is 4.13. The third-order valence-corrected chi connectivity index (χ3v) is 2.23. The van der Waals surface area contributed by atoms with Crippen LogP contribution in [0.1, 0.15) is 26.2 Å². The highest BCUT2D eigenvalue weighted by Gasteiger charge is 2.18. The summed E-state index contributed by atoms with van der Waals surface area (Å²) in [4.78, 5) is 0. The summed E-state index contributed by atoms with van der Waals surface area (Å²) >= 11 is 0. The molecule has 0 spiro atoms. The molecule has 0 bridgehead atoms. The average molecular weight is 143 g/mol. The molecule has 0 aromatic rings. The first-order chi connectivity index (χ1) is 4.84. The molecule has 1 fully saturated rings. The van der Waals surface area contributed by atoms with E-state index >= 15 is 0 Å². The normalized spacial score (nSPS) is 30.0. The summed E-state index contributed by atoms with van der Waals surface area (Å²) in [6.07, 6.45) is 4.25. The fraction of sp³-hybridized carbons (Fsp3) is 1.00. The van der Waals surface area contributed by atoms with Gasteiger partial charge in [-0.15, -0.1) is 0 Å². The van der Waals surface area contributed by atoms with Gasteiger partial charge < -0.3 is 10.1 Å². The second kappa shape index (κ2) is 3.94. The van der Waals surface area contributed by atoms with Crippen LogP contribution in [0.5, 0.6) is 0 Å². The standard InChI is InChI=1S/C8H17NO/c1-7(9-2)8-5-3-4-6-10-8/h7-9H,3-6H2,1-2H3. The van der Waals surface area contributed by atoms with Crippen molar-refractivity contribution in [1.29, 1.82) is 0 Å². The molecule has 0 aromatic heterocycles. The summed E-state index contributed by atoms with van der Waals surface area (Å²) in [7, 11) is 1.99. The summed E-state index contributed by atoms with van der Waals surface area (Å²) < 4.78 is 5.57. The van der Waals surface area contributed by atoms with Crippen molar-refractivity contribution in [3.8, 4) is 0 Å². The lowest BCUT2D eigenvalue weighted by Crippen LogP contribution is -2.38. The van der Waals surface area contributed by atoms with Gasteiger partial charge in [-0.05, 0) is 33.2 Å². The Morgan fingerprint density at radius 2 is 2.30 bits per heavy atom. The van der Waals surface area contributed by atoms with Crippen LogP contribution in [0, 0.1) is 0 Å². The molecule has 0 aromatic carbocycles. The molecular weight excluding hydrogens is 126 g/mol. The van der Waals surface area contributed by atoms with Crippen molar-refractivity contribution >= 4 is 0 Å². The van der Waals surface area contributed by atoms with E-state index in [2.05, 4.69) is 12.2 Å². The third-order valence-electron chi connectivity index (χ3n) is 2.23. The van der Waals surface area contributed by atoms with Gasteiger partial charge in [-0.3, -0.25) is 0 Å². The zero-order valence-corrected chi connectivity index (χ0v) is 6.89. The number of ether oxygens (including phenoxy) is 1. The van der Waals surface area contributed by atoms with Gasteiger partial charge in [0.05, 0.1) is 6.10 Å². The number of likely N-dealkylation sites (N-methyl/N-ethyl adjacent to an activating group) is 1. The Morgan fingerprint density at radius 3 is 2.80 bits per heavy atom. The molecule has 2 nitrogen and oxygen atoms in total. The Bertz CT molecular complexity index is 89.3. The van der Waals surface area contributed by atoms with Gasteiger partial charge in [0.25, 0.3) is 0 Å². The van der Waals surface area contributed by atoms with E-state index in [1.165, 1.54) is 19.3 Å². The first-order valence-electron chi connectivity index (χ1n) is 4.13. The molecule has 0 radical (unpaired) electrons. The van der Waals surface area contributed by atoms with Crippen LogP contribution in [-0.2, 0) is 4.74 Å².